The molecule has 146 valence electrons. The summed E-state index contributed by atoms with van der Waals surface area (Å²) >= 11 is 1.59. The molecule has 0 aliphatic heterocycles. The van der Waals surface area contributed by atoms with Crippen LogP contribution in [0, 0.1) is 0 Å². The van der Waals surface area contributed by atoms with E-state index >= 15 is 0 Å². The zero-order valence-electron chi connectivity index (χ0n) is 15.8. The van der Waals surface area contributed by atoms with Crippen LogP contribution in [0.3, 0.4) is 0 Å². The van der Waals surface area contributed by atoms with E-state index in [0.717, 1.165) is 36.3 Å². The Bertz CT molecular complexity index is 773. The first-order chi connectivity index (χ1) is 12.9. The van der Waals surface area contributed by atoms with Crippen LogP contribution in [0.5, 0.6) is 0 Å². The molecule has 3 rings (SSSR count). The Hall–Kier alpha value is -2.03. The van der Waals surface area contributed by atoms with E-state index in [1.165, 1.54) is 0 Å². The molecule has 2 unspecified atom stereocenters. The quantitative estimate of drug-likeness (QED) is 0.542. The van der Waals surface area contributed by atoms with E-state index in [9.17, 15) is 4.79 Å². The van der Waals surface area contributed by atoms with Crippen LogP contribution in [0.4, 0.5) is 11.5 Å². The normalized spacial score (nSPS) is 20.0. The predicted octanol–water partition coefficient (Wildman–Crippen LogP) is 3.17. The van der Waals surface area contributed by atoms with Crippen molar-refractivity contribution in [3.05, 3.63) is 36.0 Å². The molecule has 27 heavy (non-hydrogen) atoms. The van der Waals surface area contributed by atoms with Crippen LogP contribution in [-0.2, 0) is 0 Å². The zero-order chi connectivity index (χ0) is 19.4. The van der Waals surface area contributed by atoms with Gasteiger partial charge in [0.2, 0.25) is 0 Å². The van der Waals surface area contributed by atoms with E-state index in [1.807, 2.05) is 28.9 Å². The fourth-order valence-corrected chi connectivity index (χ4v) is 3.88. The van der Waals surface area contributed by atoms with Gasteiger partial charge >= 0.3 is 0 Å². The molecule has 0 saturated heterocycles. The lowest BCUT2D eigenvalue weighted by atomic mass is 9.91. The van der Waals surface area contributed by atoms with Crippen LogP contribution >= 0.6 is 11.9 Å². The molecule has 1 saturated carbocycles. The van der Waals surface area contributed by atoms with Gasteiger partial charge in [-0.05, 0) is 62.9 Å². The average molecular weight is 389 g/mol. The fraction of sp³-hybridized carbons (Fsp3) is 0.474. The third kappa shape index (κ3) is 5.03. The largest absolute Gasteiger partial charge is 0.365 e. The number of hydrogen-bond acceptors (Lipinski definition) is 6. The third-order valence-electron chi connectivity index (χ3n) is 4.65. The summed E-state index contributed by atoms with van der Waals surface area (Å²) in [5, 5.41) is 7.81. The Morgan fingerprint density at radius 2 is 1.96 bits per heavy atom. The number of nitrogens with one attached hydrogen (secondary N) is 2. The fourth-order valence-electron chi connectivity index (χ4n) is 3.23. The lowest BCUT2D eigenvalue weighted by Crippen LogP contribution is -2.35. The molecular formula is C19H28N6OS. The van der Waals surface area contributed by atoms with Crippen LogP contribution < -0.4 is 21.5 Å². The maximum Gasteiger partial charge on any atom is 0.254 e. The number of nitrogens with two attached hydrogens (primary N) is 2. The van der Waals surface area contributed by atoms with Gasteiger partial charge in [0.15, 0.2) is 5.82 Å². The van der Waals surface area contributed by atoms with Gasteiger partial charge in [0, 0.05) is 28.9 Å². The Balaban J connectivity index is 1.76. The van der Waals surface area contributed by atoms with Crippen molar-refractivity contribution in [1.29, 1.82) is 0 Å². The van der Waals surface area contributed by atoms with Gasteiger partial charge in [-0.1, -0.05) is 12.8 Å². The molecule has 1 aromatic carbocycles. The van der Waals surface area contributed by atoms with Gasteiger partial charge < -0.3 is 16.8 Å². The predicted molar refractivity (Wildman–Crippen MR) is 110 cm³/mol. The molecule has 1 aliphatic rings. The summed E-state index contributed by atoms with van der Waals surface area (Å²) in [7, 11) is 0. The lowest BCUT2D eigenvalue weighted by Gasteiger charge is -2.28. The van der Waals surface area contributed by atoms with Crippen molar-refractivity contribution >= 4 is 29.4 Å². The van der Waals surface area contributed by atoms with Crippen molar-refractivity contribution in [2.45, 2.75) is 62.6 Å². The first-order valence-electron chi connectivity index (χ1n) is 9.38. The third-order valence-corrected chi connectivity index (χ3v) is 5.75. The molecule has 2 aromatic rings. The minimum absolute atomic E-state index is 0.0528. The summed E-state index contributed by atoms with van der Waals surface area (Å²) < 4.78 is 5.11. The van der Waals surface area contributed by atoms with Crippen molar-refractivity contribution in [2.75, 3.05) is 5.32 Å². The highest BCUT2D eigenvalue weighted by Crippen LogP contribution is 2.29. The topological polar surface area (TPSA) is 111 Å². The van der Waals surface area contributed by atoms with Crippen LogP contribution in [-0.4, -0.2) is 27.8 Å². The molecular weight excluding hydrogens is 360 g/mol. The van der Waals surface area contributed by atoms with E-state index in [-0.39, 0.29) is 12.1 Å². The number of carbonyl (C=O) groups excluding carboxylic acids is 1. The van der Waals surface area contributed by atoms with Gasteiger partial charge in [-0.25, -0.2) is 0 Å². The number of primary amides is 1. The Labute approximate surface area is 164 Å². The second-order valence-electron chi connectivity index (χ2n) is 7.28. The van der Waals surface area contributed by atoms with E-state index in [4.69, 9.17) is 11.5 Å². The number of amides is 1. The van der Waals surface area contributed by atoms with Crippen molar-refractivity contribution in [1.82, 2.24) is 14.5 Å². The van der Waals surface area contributed by atoms with E-state index < -0.39 is 5.91 Å². The second kappa shape index (κ2) is 8.77. The molecule has 8 heteroatoms. The van der Waals surface area contributed by atoms with E-state index in [0.29, 0.717) is 17.4 Å². The average Bonchev–Trinajstić information content (AvgIpc) is 3.05. The molecule has 0 bridgehead atoms. The van der Waals surface area contributed by atoms with Gasteiger partial charge in [0.25, 0.3) is 5.91 Å². The van der Waals surface area contributed by atoms with Gasteiger partial charge in [0.05, 0.1) is 6.04 Å². The monoisotopic (exact) mass is 388 g/mol. The summed E-state index contributed by atoms with van der Waals surface area (Å²) in [6, 6.07) is 8.51. The maximum atomic E-state index is 11.9. The van der Waals surface area contributed by atoms with Gasteiger partial charge in [0.1, 0.15) is 5.56 Å². The van der Waals surface area contributed by atoms with Crippen LogP contribution in [0.25, 0.3) is 0 Å². The second-order valence-corrected chi connectivity index (χ2v) is 8.19. The number of hydrogen-bond donors (Lipinski definition) is 4. The maximum absolute atomic E-state index is 11.9. The smallest absolute Gasteiger partial charge is 0.254 e. The molecule has 1 aromatic heterocycles. The molecule has 1 amide bonds. The molecule has 1 heterocycles. The van der Waals surface area contributed by atoms with Crippen LogP contribution in [0.1, 0.15) is 55.9 Å². The molecule has 2 atom stereocenters. The standard InChI is InChI=1S/C19H28N6OS/c1-12(2)24-27-14-9-7-13(8-10-14)22-19-15(18(21)26)11-25(23-19)17-6-4-3-5-16(17)20/h7-12,16-17,24H,3-6,20H2,1-2H3,(H2,21,26)(H,22,23). The van der Waals surface area contributed by atoms with Crippen LogP contribution in [0.15, 0.2) is 35.4 Å². The Morgan fingerprint density at radius 3 is 2.59 bits per heavy atom. The van der Waals surface area contributed by atoms with Crippen molar-refractivity contribution in [3.8, 4) is 0 Å². The number of benzene rings is 1. The number of rotatable bonds is 7. The van der Waals surface area contributed by atoms with Gasteiger partial charge in [-0.3, -0.25) is 14.2 Å². The number of nitrogens with zero attached hydrogens (tertiary/aromatic N) is 2. The zero-order valence-corrected chi connectivity index (χ0v) is 16.6. The van der Waals surface area contributed by atoms with Crippen molar-refractivity contribution < 1.29 is 4.79 Å². The highest BCUT2D eigenvalue weighted by Gasteiger charge is 2.26. The van der Waals surface area contributed by atoms with E-state index in [1.54, 1.807) is 18.1 Å². The van der Waals surface area contributed by atoms with Crippen molar-refractivity contribution in [2.24, 2.45) is 11.5 Å². The summed E-state index contributed by atoms with van der Waals surface area (Å²) in [6.07, 6.45) is 5.93. The molecule has 0 radical (unpaired) electrons. The molecule has 1 aliphatic carbocycles. The van der Waals surface area contributed by atoms with Gasteiger partial charge in [-0.2, -0.15) is 5.10 Å². The number of aromatic nitrogens is 2. The Morgan fingerprint density at radius 1 is 1.26 bits per heavy atom. The first-order valence-corrected chi connectivity index (χ1v) is 10.2. The van der Waals surface area contributed by atoms with Crippen LogP contribution in [0.2, 0.25) is 0 Å². The highest BCUT2D eigenvalue weighted by atomic mass is 32.2. The minimum Gasteiger partial charge on any atom is -0.365 e. The van der Waals surface area contributed by atoms with Gasteiger partial charge in [-0.15, -0.1) is 0 Å². The number of carbonyl (C=O) groups is 1. The summed E-state index contributed by atoms with van der Waals surface area (Å²) in [4.78, 5) is 13.0. The molecule has 7 nitrogen and oxygen atoms in total. The summed E-state index contributed by atoms with van der Waals surface area (Å²) in [6.45, 7) is 4.20. The minimum atomic E-state index is -0.499. The molecule has 0 spiro atoms. The number of anilines is 2. The SMILES string of the molecule is CC(C)NSc1ccc(Nc2nn(C3CCCCC3N)cc2C(N)=O)cc1. The molecule has 1 fully saturated rings. The highest BCUT2D eigenvalue weighted by molar-refractivity contribution is 7.97. The summed E-state index contributed by atoms with van der Waals surface area (Å²) in [5.41, 5.74) is 13.1. The first kappa shape index (κ1) is 19.7. The lowest BCUT2D eigenvalue weighted by molar-refractivity contribution is 0.100. The molecule has 6 N–H and O–H groups in total. The van der Waals surface area contributed by atoms with E-state index in [2.05, 4.69) is 29.0 Å². The summed E-state index contributed by atoms with van der Waals surface area (Å²) in [5.74, 6) is -0.0255. The Kier molecular flexibility index (Phi) is 6.41. The van der Waals surface area contributed by atoms with Crippen molar-refractivity contribution in [3.63, 3.8) is 0 Å².